The van der Waals surface area contributed by atoms with Gasteiger partial charge in [-0.1, -0.05) is 50.4 Å². The minimum Gasteiger partial charge on any atom is -0.409 e. The van der Waals surface area contributed by atoms with Crippen molar-refractivity contribution >= 4 is 5.84 Å². The zero-order chi connectivity index (χ0) is 15.7. The predicted molar refractivity (Wildman–Crippen MR) is 84.0 cm³/mol. The van der Waals surface area contributed by atoms with Gasteiger partial charge in [0.25, 0.3) is 0 Å². The largest absolute Gasteiger partial charge is 0.409 e. The topological polar surface area (TPSA) is 70.6 Å². The molecular weight excluding hydrogens is 269 g/mol. The van der Waals surface area contributed by atoms with Crippen molar-refractivity contribution in [2.24, 2.45) is 10.9 Å². The van der Waals surface area contributed by atoms with Gasteiger partial charge in [-0.2, -0.15) is 0 Å². The van der Waals surface area contributed by atoms with Crippen molar-refractivity contribution in [2.75, 3.05) is 0 Å². The van der Waals surface area contributed by atoms with Crippen molar-refractivity contribution in [3.05, 3.63) is 35.1 Å². The van der Waals surface area contributed by atoms with Crippen LogP contribution in [0.25, 0.3) is 0 Å². The molecule has 0 aliphatic heterocycles. The van der Waals surface area contributed by atoms with Gasteiger partial charge in [-0.15, -0.1) is 0 Å². The fraction of sp³-hybridized carbons (Fsp3) is 0.562. The van der Waals surface area contributed by atoms with E-state index in [1.165, 1.54) is 18.9 Å². The molecule has 0 radical (unpaired) electrons. The maximum Gasteiger partial charge on any atom is 0.170 e. The predicted octanol–water partition coefficient (Wildman–Crippen LogP) is 3.37. The molecule has 1 aromatic rings. The Bertz CT molecular complexity index is 463. The lowest BCUT2D eigenvalue weighted by Gasteiger charge is -2.18. The van der Waals surface area contributed by atoms with Crippen LogP contribution >= 0.6 is 0 Å². The molecule has 1 atom stereocenters. The molecule has 0 bridgehead atoms. The third-order valence-electron chi connectivity index (χ3n) is 3.58. The molecule has 21 heavy (non-hydrogen) atoms. The Morgan fingerprint density at radius 2 is 2.10 bits per heavy atom. The van der Waals surface area contributed by atoms with Crippen LogP contribution in [0.1, 0.15) is 57.1 Å². The van der Waals surface area contributed by atoms with E-state index in [4.69, 9.17) is 10.9 Å². The van der Waals surface area contributed by atoms with Crippen LogP contribution in [0.5, 0.6) is 0 Å². The molecule has 0 aromatic heterocycles. The fourth-order valence-corrected chi connectivity index (χ4v) is 2.31. The minimum absolute atomic E-state index is 0.0831. The average Bonchev–Trinajstić information content (AvgIpc) is 2.50. The standard InChI is InChI=1S/C16H26FN3O/c1-3-5-7-14(6-4-2)19-11-13-9-8-12(10-15(13)17)16(18)20-21/h8-10,14,19,21H,3-7,11H2,1-2H3,(H2,18,20). The van der Waals surface area contributed by atoms with Gasteiger partial charge in [-0.3, -0.25) is 0 Å². The van der Waals surface area contributed by atoms with Crippen molar-refractivity contribution in [1.82, 2.24) is 5.32 Å². The van der Waals surface area contributed by atoms with E-state index in [1.54, 1.807) is 12.1 Å². The number of unbranched alkanes of at least 4 members (excludes halogenated alkanes) is 1. The molecule has 0 amide bonds. The second-order valence-electron chi connectivity index (χ2n) is 5.30. The highest BCUT2D eigenvalue weighted by atomic mass is 19.1. The summed E-state index contributed by atoms with van der Waals surface area (Å²) < 4.78 is 14.0. The van der Waals surface area contributed by atoms with Crippen LogP contribution in [0, 0.1) is 5.82 Å². The second kappa shape index (κ2) is 9.34. The first kappa shape index (κ1) is 17.4. The number of benzene rings is 1. The number of rotatable bonds is 9. The summed E-state index contributed by atoms with van der Waals surface area (Å²) in [5.41, 5.74) is 6.43. The van der Waals surface area contributed by atoms with Crippen LogP contribution < -0.4 is 11.1 Å². The fourth-order valence-electron chi connectivity index (χ4n) is 2.31. The van der Waals surface area contributed by atoms with Crippen LogP contribution in [-0.2, 0) is 6.54 Å². The first-order chi connectivity index (χ1) is 10.1. The first-order valence-corrected chi connectivity index (χ1v) is 7.62. The molecule has 1 rings (SSSR count). The van der Waals surface area contributed by atoms with Gasteiger partial charge in [0.05, 0.1) is 0 Å². The van der Waals surface area contributed by atoms with E-state index in [-0.39, 0.29) is 11.7 Å². The summed E-state index contributed by atoms with van der Waals surface area (Å²) in [7, 11) is 0. The third kappa shape index (κ3) is 5.71. The molecular formula is C16H26FN3O. The molecule has 0 saturated heterocycles. The van der Waals surface area contributed by atoms with Gasteiger partial charge in [0.15, 0.2) is 5.84 Å². The van der Waals surface area contributed by atoms with Crippen LogP contribution in [0.15, 0.2) is 23.4 Å². The van der Waals surface area contributed by atoms with Crippen molar-refractivity contribution < 1.29 is 9.60 Å². The van der Waals surface area contributed by atoms with Crippen LogP contribution in [0.2, 0.25) is 0 Å². The van der Waals surface area contributed by atoms with E-state index in [1.807, 2.05) is 0 Å². The number of hydrogen-bond acceptors (Lipinski definition) is 3. The highest BCUT2D eigenvalue weighted by molar-refractivity contribution is 5.97. The number of amidine groups is 1. The molecule has 4 nitrogen and oxygen atoms in total. The molecule has 0 heterocycles. The number of nitrogens with one attached hydrogen (secondary N) is 1. The summed E-state index contributed by atoms with van der Waals surface area (Å²) in [6.45, 7) is 4.83. The highest BCUT2D eigenvalue weighted by Gasteiger charge is 2.10. The van der Waals surface area contributed by atoms with Crippen molar-refractivity contribution in [1.29, 1.82) is 0 Å². The van der Waals surface area contributed by atoms with Gasteiger partial charge >= 0.3 is 0 Å². The first-order valence-electron chi connectivity index (χ1n) is 7.62. The summed E-state index contributed by atoms with van der Waals surface area (Å²) in [6, 6.07) is 5.07. The zero-order valence-corrected chi connectivity index (χ0v) is 12.9. The average molecular weight is 295 g/mol. The lowest BCUT2D eigenvalue weighted by Crippen LogP contribution is -2.28. The molecule has 1 aromatic carbocycles. The monoisotopic (exact) mass is 295 g/mol. The minimum atomic E-state index is -0.336. The van der Waals surface area contributed by atoms with Crippen molar-refractivity contribution in [2.45, 2.75) is 58.5 Å². The van der Waals surface area contributed by atoms with E-state index in [0.29, 0.717) is 23.7 Å². The van der Waals surface area contributed by atoms with E-state index in [2.05, 4.69) is 24.3 Å². The summed E-state index contributed by atoms with van der Waals surface area (Å²) in [5.74, 6) is -0.419. The lowest BCUT2D eigenvalue weighted by atomic mass is 10.0. The molecule has 1 unspecified atom stereocenters. The van der Waals surface area contributed by atoms with Gasteiger partial charge in [0, 0.05) is 23.7 Å². The van der Waals surface area contributed by atoms with E-state index < -0.39 is 0 Å². The Balaban J connectivity index is 2.65. The number of nitrogens with two attached hydrogens (primary N) is 1. The Labute approximate surface area is 126 Å². The van der Waals surface area contributed by atoms with Crippen LogP contribution in [0.3, 0.4) is 0 Å². The summed E-state index contributed by atoms with van der Waals surface area (Å²) >= 11 is 0. The molecule has 4 N–H and O–H groups in total. The van der Waals surface area contributed by atoms with E-state index in [9.17, 15) is 4.39 Å². The normalized spacial score (nSPS) is 13.4. The lowest BCUT2D eigenvalue weighted by molar-refractivity contribution is 0.318. The highest BCUT2D eigenvalue weighted by Crippen LogP contribution is 2.13. The Hall–Kier alpha value is -1.62. The second-order valence-corrected chi connectivity index (χ2v) is 5.30. The SMILES string of the molecule is CCCCC(CCC)NCc1ccc(/C(N)=N/O)cc1F. The Kier molecular flexibility index (Phi) is 7.75. The molecule has 0 aliphatic rings. The molecule has 5 heteroatoms. The van der Waals surface area contributed by atoms with Gasteiger partial charge in [0.1, 0.15) is 5.82 Å². The smallest absolute Gasteiger partial charge is 0.170 e. The van der Waals surface area contributed by atoms with Gasteiger partial charge in [0.2, 0.25) is 0 Å². The molecule has 0 aliphatic carbocycles. The number of hydrogen-bond donors (Lipinski definition) is 3. The summed E-state index contributed by atoms with van der Waals surface area (Å²) in [5, 5.41) is 14.9. The quantitative estimate of drug-likeness (QED) is 0.283. The molecule has 0 spiro atoms. The summed E-state index contributed by atoms with van der Waals surface area (Å²) in [6.07, 6.45) is 5.69. The third-order valence-corrected chi connectivity index (χ3v) is 3.58. The van der Waals surface area contributed by atoms with Crippen molar-refractivity contribution in [3.63, 3.8) is 0 Å². The van der Waals surface area contributed by atoms with Gasteiger partial charge in [-0.05, 0) is 18.9 Å². The Morgan fingerprint density at radius 1 is 1.33 bits per heavy atom. The molecule has 118 valence electrons. The van der Waals surface area contributed by atoms with E-state index >= 15 is 0 Å². The molecule has 0 fully saturated rings. The Morgan fingerprint density at radius 3 is 2.67 bits per heavy atom. The van der Waals surface area contributed by atoms with E-state index in [0.717, 1.165) is 19.3 Å². The van der Waals surface area contributed by atoms with Crippen molar-refractivity contribution in [3.8, 4) is 0 Å². The maximum atomic E-state index is 14.0. The number of oxime groups is 1. The van der Waals surface area contributed by atoms with Crippen LogP contribution in [0.4, 0.5) is 4.39 Å². The zero-order valence-electron chi connectivity index (χ0n) is 12.9. The van der Waals surface area contributed by atoms with Gasteiger partial charge in [-0.25, -0.2) is 4.39 Å². The van der Waals surface area contributed by atoms with Crippen LogP contribution in [-0.4, -0.2) is 17.1 Å². The summed E-state index contributed by atoms with van der Waals surface area (Å²) in [4.78, 5) is 0. The molecule has 0 saturated carbocycles. The van der Waals surface area contributed by atoms with Gasteiger partial charge < -0.3 is 16.3 Å². The number of halogens is 1. The number of nitrogens with zero attached hydrogens (tertiary/aromatic N) is 1. The maximum absolute atomic E-state index is 14.0.